The lowest BCUT2D eigenvalue weighted by Gasteiger charge is -2.23. The Kier molecular flexibility index (Phi) is 9.49. The molecule has 0 aliphatic carbocycles. The topological polar surface area (TPSA) is 37.4 Å². The first-order valence-corrected chi connectivity index (χ1v) is 9.50. The minimum Gasteiger partial charge on any atom is -0.343 e. The zero-order valence-electron chi connectivity index (χ0n) is 13.9. The molecule has 0 aliphatic heterocycles. The van der Waals surface area contributed by atoms with Crippen LogP contribution < -0.4 is 0 Å². The molecule has 1 rings (SSSR count). The second-order valence-corrected chi connectivity index (χ2v) is 7.17. The van der Waals surface area contributed by atoms with Crippen molar-refractivity contribution in [3.63, 3.8) is 0 Å². The lowest BCUT2D eigenvalue weighted by molar-refractivity contribution is -0.131. The SMILES string of the molecule is CCCCN(CCCC)C(=O)CC(Br)C(=O)c1ccc(Cl)cc1. The van der Waals surface area contributed by atoms with E-state index in [4.69, 9.17) is 11.6 Å². The number of carbonyl (C=O) groups is 2. The van der Waals surface area contributed by atoms with E-state index in [1.807, 2.05) is 4.90 Å². The number of unbranched alkanes of at least 4 members (excludes halogenated alkanes) is 2. The minimum atomic E-state index is -0.498. The molecule has 0 spiro atoms. The van der Waals surface area contributed by atoms with Crippen LogP contribution in [0.25, 0.3) is 0 Å². The second-order valence-electron chi connectivity index (χ2n) is 5.63. The number of benzene rings is 1. The van der Waals surface area contributed by atoms with Gasteiger partial charge in [-0.1, -0.05) is 54.2 Å². The maximum absolute atomic E-state index is 12.5. The van der Waals surface area contributed by atoms with Gasteiger partial charge < -0.3 is 4.90 Å². The summed E-state index contributed by atoms with van der Waals surface area (Å²) in [7, 11) is 0. The Labute approximate surface area is 152 Å². The van der Waals surface area contributed by atoms with Crippen LogP contribution in [0.15, 0.2) is 24.3 Å². The largest absolute Gasteiger partial charge is 0.343 e. The lowest BCUT2D eigenvalue weighted by atomic mass is 10.1. The summed E-state index contributed by atoms with van der Waals surface area (Å²) in [5.74, 6) is -0.0444. The van der Waals surface area contributed by atoms with E-state index in [1.165, 1.54) is 0 Å². The highest BCUT2D eigenvalue weighted by Gasteiger charge is 2.23. The standard InChI is InChI=1S/C18H25BrClNO2/c1-3-5-11-21(12-6-4-2)17(22)13-16(19)18(23)14-7-9-15(20)10-8-14/h7-10,16H,3-6,11-13H2,1-2H3. The van der Waals surface area contributed by atoms with E-state index in [1.54, 1.807) is 24.3 Å². The maximum atomic E-state index is 12.5. The van der Waals surface area contributed by atoms with Crippen LogP contribution in [-0.2, 0) is 4.79 Å². The van der Waals surface area contributed by atoms with Crippen molar-refractivity contribution >= 4 is 39.2 Å². The molecule has 0 N–H and O–H groups in total. The zero-order valence-corrected chi connectivity index (χ0v) is 16.2. The van der Waals surface area contributed by atoms with Gasteiger partial charge in [-0.05, 0) is 37.1 Å². The normalized spacial score (nSPS) is 12.0. The van der Waals surface area contributed by atoms with Crippen molar-refractivity contribution in [1.29, 1.82) is 0 Å². The Morgan fingerprint density at radius 1 is 1.09 bits per heavy atom. The van der Waals surface area contributed by atoms with Gasteiger partial charge in [0.1, 0.15) is 0 Å². The van der Waals surface area contributed by atoms with Gasteiger partial charge in [-0.15, -0.1) is 0 Å². The number of nitrogens with zero attached hydrogens (tertiary/aromatic N) is 1. The quantitative estimate of drug-likeness (QED) is 0.403. The Balaban J connectivity index is 2.64. The zero-order chi connectivity index (χ0) is 17.2. The summed E-state index contributed by atoms with van der Waals surface area (Å²) in [6.07, 6.45) is 4.28. The summed E-state index contributed by atoms with van der Waals surface area (Å²) in [4.78, 5) is 26.2. The van der Waals surface area contributed by atoms with Crippen LogP contribution in [-0.4, -0.2) is 34.5 Å². The van der Waals surface area contributed by atoms with Crippen LogP contribution in [0.2, 0.25) is 5.02 Å². The highest BCUT2D eigenvalue weighted by Crippen LogP contribution is 2.18. The molecule has 1 unspecified atom stereocenters. The van der Waals surface area contributed by atoms with E-state index < -0.39 is 4.83 Å². The molecule has 128 valence electrons. The summed E-state index contributed by atoms with van der Waals surface area (Å²) in [6, 6.07) is 6.75. The first-order chi connectivity index (χ1) is 11.0. The molecule has 1 aromatic carbocycles. The van der Waals surface area contributed by atoms with Crippen molar-refractivity contribution in [3.05, 3.63) is 34.9 Å². The van der Waals surface area contributed by atoms with Crippen molar-refractivity contribution in [3.8, 4) is 0 Å². The van der Waals surface area contributed by atoms with Crippen LogP contribution in [0.1, 0.15) is 56.3 Å². The number of rotatable bonds is 10. The van der Waals surface area contributed by atoms with E-state index in [0.717, 1.165) is 38.8 Å². The number of amides is 1. The van der Waals surface area contributed by atoms with Crippen molar-refractivity contribution in [2.45, 2.75) is 50.8 Å². The Morgan fingerprint density at radius 3 is 2.09 bits per heavy atom. The number of ketones is 1. The summed E-state index contributed by atoms with van der Waals surface area (Å²) in [5.41, 5.74) is 0.567. The van der Waals surface area contributed by atoms with Crippen LogP contribution in [0.5, 0.6) is 0 Å². The molecule has 0 saturated heterocycles. The summed E-state index contributed by atoms with van der Waals surface area (Å²) < 4.78 is 0. The third-order valence-electron chi connectivity index (χ3n) is 3.68. The maximum Gasteiger partial charge on any atom is 0.224 e. The van der Waals surface area contributed by atoms with Gasteiger partial charge >= 0.3 is 0 Å². The third-order valence-corrected chi connectivity index (χ3v) is 4.67. The average molecular weight is 403 g/mol. The van der Waals surface area contributed by atoms with Gasteiger partial charge in [-0.25, -0.2) is 0 Å². The highest BCUT2D eigenvalue weighted by molar-refractivity contribution is 9.10. The molecule has 1 aromatic rings. The van der Waals surface area contributed by atoms with Crippen LogP contribution in [0.4, 0.5) is 0 Å². The molecule has 0 radical (unpaired) electrons. The molecule has 3 nitrogen and oxygen atoms in total. The first-order valence-electron chi connectivity index (χ1n) is 8.21. The molecule has 5 heteroatoms. The smallest absolute Gasteiger partial charge is 0.224 e. The van der Waals surface area contributed by atoms with Crippen molar-refractivity contribution < 1.29 is 9.59 Å². The monoisotopic (exact) mass is 401 g/mol. The van der Waals surface area contributed by atoms with Gasteiger partial charge in [0, 0.05) is 30.1 Å². The average Bonchev–Trinajstić information content (AvgIpc) is 2.54. The summed E-state index contributed by atoms with van der Waals surface area (Å²) in [5, 5.41) is 0.592. The van der Waals surface area contributed by atoms with Gasteiger partial charge in [-0.2, -0.15) is 0 Å². The fourth-order valence-corrected chi connectivity index (χ4v) is 2.90. The first kappa shape index (κ1) is 20.2. The van der Waals surface area contributed by atoms with Gasteiger partial charge in [0.15, 0.2) is 5.78 Å². The van der Waals surface area contributed by atoms with Gasteiger partial charge in [-0.3, -0.25) is 9.59 Å². The number of hydrogen-bond acceptors (Lipinski definition) is 2. The van der Waals surface area contributed by atoms with Gasteiger partial charge in [0.05, 0.1) is 4.83 Å². The summed E-state index contributed by atoms with van der Waals surface area (Å²) in [6.45, 7) is 5.76. The molecular formula is C18H25BrClNO2. The molecule has 0 aliphatic rings. The van der Waals surface area contributed by atoms with E-state index in [2.05, 4.69) is 29.8 Å². The Morgan fingerprint density at radius 2 is 1.61 bits per heavy atom. The molecule has 0 bridgehead atoms. The third kappa shape index (κ3) is 7.05. The predicted molar refractivity (Wildman–Crippen MR) is 99.5 cm³/mol. The predicted octanol–water partition coefficient (Wildman–Crippen LogP) is 5.11. The molecule has 0 heterocycles. The molecule has 1 amide bonds. The van der Waals surface area contributed by atoms with E-state index in [0.29, 0.717) is 10.6 Å². The molecule has 1 atom stereocenters. The number of carbonyl (C=O) groups excluding carboxylic acids is 2. The van der Waals surface area contributed by atoms with E-state index in [9.17, 15) is 9.59 Å². The minimum absolute atomic E-state index is 0.0380. The fourth-order valence-electron chi connectivity index (χ4n) is 2.23. The molecule has 0 saturated carbocycles. The van der Waals surface area contributed by atoms with E-state index >= 15 is 0 Å². The number of Topliss-reactive ketones (excluding diaryl/α,β-unsaturated/α-hetero) is 1. The number of halogens is 2. The van der Waals surface area contributed by atoms with Gasteiger partial charge in [0.25, 0.3) is 0 Å². The second kappa shape index (κ2) is 10.8. The number of alkyl halides is 1. The number of hydrogen-bond donors (Lipinski definition) is 0. The van der Waals surface area contributed by atoms with Crippen LogP contribution in [0.3, 0.4) is 0 Å². The molecular weight excluding hydrogens is 378 g/mol. The Hall–Kier alpha value is -0.870. The van der Waals surface area contributed by atoms with Crippen molar-refractivity contribution in [2.24, 2.45) is 0 Å². The summed E-state index contributed by atoms with van der Waals surface area (Å²) >= 11 is 9.21. The lowest BCUT2D eigenvalue weighted by Crippen LogP contribution is -2.35. The van der Waals surface area contributed by atoms with Crippen LogP contribution >= 0.6 is 27.5 Å². The van der Waals surface area contributed by atoms with Gasteiger partial charge in [0.2, 0.25) is 5.91 Å². The highest BCUT2D eigenvalue weighted by atomic mass is 79.9. The van der Waals surface area contributed by atoms with Crippen LogP contribution in [0, 0.1) is 0 Å². The molecule has 0 fully saturated rings. The van der Waals surface area contributed by atoms with Crippen molar-refractivity contribution in [1.82, 2.24) is 4.90 Å². The Bertz CT molecular complexity index is 496. The van der Waals surface area contributed by atoms with E-state index in [-0.39, 0.29) is 18.1 Å². The fraction of sp³-hybridized carbons (Fsp3) is 0.556. The van der Waals surface area contributed by atoms with Crippen molar-refractivity contribution in [2.75, 3.05) is 13.1 Å². The molecule has 23 heavy (non-hydrogen) atoms. The molecule has 0 aromatic heterocycles.